The van der Waals surface area contributed by atoms with Crippen LogP contribution in [-0.2, 0) is 4.74 Å². The Morgan fingerprint density at radius 1 is 1.50 bits per heavy atom. The van der Waals surface area contributed by atoms with Crippen molar-refractivity contribution in [2.24, 2.45) is 0 Å². The van der Waals surface area contributed by atoms with Crippen LogP contribution in [0.3, 0.4) is 0 Å². The van der Waals surface area contributed by atoms with Crippen LogP contribution in [-0.4, -0.2) is 62.0 Å². The van der Waals surface area contributed by atoms with E-state index in [1.807, 2.05) is 14.2 Å². The molecule has 0 radical (unpaired) electrons. The van der Waals surface area contributed by atoms with Crippen molar-refractivity contribution in [1.29, 1.82) is 0 Å². The molecule has 2 N–H and O–H groups in total. The molecule has 18 heavy (non-hydrogen) atoms. The third-order valence-corrected chi connectivity index (χ3v) is 4.44. The van der Waals surface area contributed by atoms with Gasteiger partial charge in [0.1, 0.15) is 0 Å². The molecule has 0 aliphatic carbocycles. The van der Waals surface area contributed by atoms with E-state index in [1.165, 1.54) is 19.4 Å². The van der Waals surface area contributed by atoms with Crippen molar-refractivity contribution in [3.8, 4) is 0 Å². The Morgan fingerprint density at radius 3 is 2.83 bits per heavy atom. The van der Waals surface area contributed by atoms with E-state index in [0.29, 0.717) is 6.10 Å². The average Bonchev–Trinajstić information content (AvgIpc) is 2.44. The fourth-order valence-corrected chi connectivity index (χ4v) is 2.80. The molecule has 0 amide bonds. The van der Waals surface area contributed by atoms with E-state index in [2.05, 4.69) is 17.1 Å². The summed E-state index contributed by atoms with van der Waals surface area (Å²) in [7, 11) is 3.75. The molecule has 2 atom stereocenters. The highest BCUT2D eigenvalue weighted by atomic mass is 16.5. The van der Waals surface area contributed by atoms with Gasteiger partial charge < -0.3 is 20.1 Å². The molecular weight excluding hydrogens is 228 g/mol. The van der Waals surface area contributed by atoms with Gasteiger partial charge in [0.25, 0.3) is 0 Å². The van der Waals surface area contributed by atoms with Crippen molar-refractivity contribution in [3.63, 3.8) is 0 Å². The monoisotopic (exact) mass is 258 g/mol. The van der Waals surface area contributed by atoms with Crippen molar-refractivity contribution >= 4 is 0 Å². The van der Waals surface area contributed by atoms with Crippen LogP contribution in [0.1, 0.15) is 39.0 Å². The highest BCUT2D eigenvalue weighted by molar-refractivity contribution is 4.85. The summed E-state index contributed by atoms with van der Waals surface area (Å²) in [6, 6.07) is 0. The first-order valence-electron chi connectivity index (χ1n) is 7.24. The lowest BCUT2D eigenvalue weighted by atomic mass is 9.91. The van der Waals surface area contributed by atoms with Gasteiger partial charge in [0.05, 0.1) is 12.7 Å². The number of piperidine rings is 1. The molecule has 1 heterocycles. The van der Waals surface area contributed by atoms with E-state index in [1.54, 1.807) is 0 Å². The van der Waals surface area contributed by atoms with E-state index in [0.717, 1.165) is 32.4 Å². The molecule has 0 spiro atoms. The molecule has 1 aliphatic heterocycles. The van der Waals surface area contributed by atoms with Gasteiger partial charge in [-0.3, -0.25) is 0 Å². The number of nitrogens with zero attached hydrogens (tertiary/aromatic N) is 1. The van der Waals surface area contributed by atoms with Crippen molar-refractivity contribution in [1.82, 2.24) is 10.2 Å². The van der Waals surface area contributed by atoms with E-state index in [-0.39, 0.29) is 12.1 Å². The Bertz CT molecular complexity index is 212. The zero-order valence-corrected chi connectivity index (χ0v) is 12.2. The van der Waals surface area contributed by atoms with Crippen LogP contribution in [0.5, 0.6) is 0 Å². The van der Waals surface area contributed by atoms with Crippen LogP contribution in [0.15, 0.2) is 0 Å². The number of hydrogen-bond donors (Lipinski definition) is 2. The summed E-state index contributed by atoms with van der Waals surface area (Å²) in [4.78, 5) is 2.49. The predicted molar refractivity (Wildman–Crippen MR) is 74.9 cm³/mol. The number of hydrogen-bond acceptors (Lipinski definition) is 4. The number of rotatable bonds is 8. The van der Waals surface area contributed by atoms with Gasteiger partial charge in [-0.2, -0.15) is 0 Å². The predicted octanol–water partition coefficient (Wildman–Crippen LogP) is 1.24. The zero-order chi connectivity index (χ0) is 13.4. The van der Waals surface area contributed by atoms with Crippen LogP contribution in [0.4, 0.5) is 0 Å². The summed E-state index contributed by atoms with van der Waals surface area (Å²) in [6.45, 7) is 5.73. The van der Waals surface area contributed by atoms with Crippen LogP contribution < -0.4 is 5.32 Å². The van der Waals surface area contributed by atoms with Crippen molar-refractivity contribution in [3.05, 3.63) is 0 Å². The number of nitrogens with one attached hydrogen (secondary N) is 1. The molecule has 2 unspecified atom stereocenters. The van der Waals surface area contributed by atoms with Gasteiger partial charge in [-0.05, 0) is 52.2 Å². The van der Waals surface area contributed by atoms with E-state index in [4.69, 9.17) is 4.74 Å². The molecule has 0 aromatic rings. The minimum absolute atomic E-state index is 0.0869. The minimum Gasteiger partial charge on any atom is -0.394 e. The molecular formula is C14H30N2O2. The summed E-state index contributed by atoms with van der Waals surface area (Å²) in [5.74, 6) is 0. The summed E-state index contributed by atoms with van der Waals surface area (Å²) in [5, 5.41) is 12.8. The third-order valence-electron chi connectivity index (χ3n) is 4.44. The summed E-state index contributed by atoms with van der Waals surface area (Å²) < 4.78 is 5.44. The second-order valence-electron chi connectivity index (χ2n) is 5.45. The molecule has 4 nitrogen and oxygen atoms in total. The number of likely N-dealkylation sites (tertiary alicyclic amines) is 1. The van der Waals surface area contributed by atoms with Crippen LogP contribution >= 0.6 is 0 Å². The Labute approximate surface area is 112 Å². The van der Waals surface area contributed by atoms with Gasteiger partial charge >= 0.3 is 0 Å². The Hall–Kier alpha value is -0.160. The molecule has 0 bridgehead atoms. The number of likely N-dealkylation sites (N-methyl/N-ethyl adjacent to an activating group) is 1. The van der Waals surface area contributed by atoms with Gasteiger partial charge in [-0.25, -0.2) is 0 Å². The minimum atomic E-state index is -0.0869. The van der Waals surface area contributed by atoms with Crippen LogP contribution in [0.25, 0.3) is 0 Å². The molecule has 1 aliphatic rings. The summed E-state index contributed by atoms with van der Waals surface area (Å²) in [6.07, 6.45) is 5.98. The first-order chi connectivity index (χ1) is 8.69. The van der Waals surface area contributed by atoms with Crippen molar-refractivity contribution in [2.45, 2.75) is 50.7 Å². The van der Waals surface area contributed by atoms with Crippen molar-refractivity contribution in [2.75, 3.05) is 40.4 Å². The lowest BCUT2D eigenvalue weighted by Gasteiger charge is -2.34. The van der Waals surface area contributed by atoms with E-state index >= 15 is 0 Å². The SMILES string of the molecule is CCC(CO)(CCCN1CCCC(OC)C1)NC. The topological polar surface area (TPSA) is 44.7 Å². The first kappa shape index (κ1) is 15.9. The Balaban J connectivity index is 2.28. The highest BCUT2D eigenvalue weighted by Gasteiger charge is 2.25. The number of ether oxygens (including phenoxy) is 1. The molecule has 1 rings (SSSR count). The smallest absolute Gasteiger partial charge is 0.0698 e. The Morgan fingerprint density at radius 2 is 2.28 bits per heavy atom. The molecule has 1 saturated heterocycles. The van der Waals surface area contributed by atoms with Gasteiger partial charge in [-0.15, -0.1) is 0 Å². The lowest BCUT2D eigenvalue weighted by Crippen LogP contribution is -2.47. The zero-order valence-electron chi connectivity index (χ0n) is 12.2. The van der Waals surface area contributed by atoms with Gasteiger partial charge in [0.15, 0.2) is 0 Å². The number of aliphatic hydroxyl groups is 1. The maximum absolute atomic E-state index is 9.50. The normalized spacial score (nSPS) is 25.0. The largest absolute Gasteiger partial charge is 0.394 e. The fraction of sp³-hybridized carbons (Fsp3) is 1.00. The van der Waals surface area contributed by atoms with Crippen LogP contribution in [0, 0.1) is 0 Å². The summed E-state index contributed by atoms with van der Waals surface area (Å²) in [5.41, 5.74) is -0.0869. The van der Waals surface area contributed by atoms with Gasteiger partial charge in [-0.1, -0.05) is 6.92 Å². The lowest BCUT2D eigenvalue weighted by molar-refractivity contribution is 0.0295. The second-order valence-corrected chi connectivity index (χ2v) is 5.45. The molecule has 0 aromatic heterocycles. The molecule has 4 heteroatoms. The third kappa shape index (κ3) is 4.50. The Kier molecular flexibility index (Phi) is 7.15. The quantitative estimate of drug-likeness (QED) is 0.687. The highest BCUT2D eigenvalue weighted by Crippen LogP contribution is 2.18. The number of methoxy groups -OCH3 is 1. The maximum Gasteiger partial charge on any atom is 0.0698 e. The number of aliphatic hydroxyl groups excluding tert-OH is 1. The van der Waals surface area contributed by atoms with Crippen molar-refractivity contribution < 1.29 is 9.84 Å². The first-order valence-corrected chi connectivity index (χ1v) is 7.24. The molecule has 0 aromatic carbocycles. The average molecular weight is 258 g/mol. The second kappa shape index (κ2) is 8.10. The fourth-order valence-electron chi connectivity index (χ4n) is 2.80. The standard InChI is InChI=1S/C14H30N2O2/c1-4-14(12-17,15-2)8-6-10-16-9-5-7-13(11-16)18-3/h13,15,17H,4-12H2,1-3H3. The molecule has 1 fully saturated rings. The van der Waals surface area contributed by atoms with Crippen LogP contribution in [0.2, 0.25) is 0 Å². The summed E-state index contributed by atoms with van der Waals surface area (Å²) >= 11 is 0. The molecule has 108 valence electrons. The van der Waals surface area contributed by atoms with E-state index < -0.39 is 0 Å². The van der Waals surface area contributed by atoms with E-state index in [9.17, 15) is 5.11 Å². The maximum atomic E-state index is 9.50. The molecule has 0 saturated carbocycles. The van der Waals surface area contributed by atoms with Gasteiger partial charge in [0.2, 0.25) is 0 Å². The van der Waals surface area contributed by atoms with Gasteiger partial charge in [0, 0.05) is 19.2 Å².